The van der Waals surface area contributed by atoms with Crippen molar-refractivity contribution in [1.29, 1.82) is 0 Å². The molecule has 1 aromatic heterocycles. The molecule has 0 saturated carbocycles. The smallest absolute Gasteiger partial charge is 0.175 e. The Kier molecular flexibility index (Phi) is 3.80. The van der Waals surface area contributed by atoms with Crippen LogP contribution in [-0.4, -0.2) is 21.0 Å². The molecule has 106 valence electrons. The number of fused-ring (bicyclic) bond motifs is 1. The Balaban J connectivity index is 1.80. The Bertz CT molecular complexity index is 780. The SMILES string of the molecule is Cc1ccc2nc(S[C@H](C)C(=O)c3ccccc3)[nH]c2c1. The highest BCUT2D eigenvalue weighted by Crippen LogP contribution is 2.25. The van der Waals surface area contributed by atoms with Gasteiger partial charge in [0.2, 0.25) is 0 Å². The number of thioether (sulfide) groups is 1. The Labute approximate surface area is 127 Å². The number of nitrogens with one attached hydrogen (secondary N) is 1. The largest absolute Gasteiger partial charge is 0.333 e. The number of benzene rings is 2. The summed E-state index contributed by atoms with van der Waals surface area (Å²) in [5, 5.41) is 0.612. The van der Waals surface area contributed by atoms with E-state index in [0.29, 0.717) is 0 Å². The third-order valence-corrected chi connectivity index (χ3v) is 4.32. The summed E-state index contributed by atoms with van der Waals surface area (Å²) in [7, 11) is 0. The van der Waals surface area contributed by atoms with E-state index in [1.165, 1.54) is 17.3 Å². The lowest BCUT2D eigenvalue weighted by Crippen LogP contribution is -2.13. The Morgan fingerprint density at radius 3 is 2.71 bits per heavy atom. The highest BCUT2D eigenvalue weighted by atomic mass is 32.2. The van der Waals surface area contributed by atoms with Gasteiger partial charge in [0, 0.05) is 5.56 Å². The van der Waals surface area contributed by atoms with Gasteiger partial charge in [-0.15, -0.1) is 0 Å². The molecule has 21 heavy (non-hydrogen) atoms. The molecule has 1 N–H and O–H groups in total. The predicted octanol–water partition coefficient (Wildman–Crippen LogP) is 4.23. The van der Waals surface area contributed by atoms with Gasteiger partial charge < -0.3 is 4.98 Å². The van der Waals surface area contributed by atoms with Crippen molar-refractivity contribution in [3.05, 3.63) is 59.7 Å². The number of aryl methyl sites for hydroxylation is 1. The molecule has 0 amide bonds. The summed E-state index contributed by atoms with van der Waals surface area (Å²) in [6.45, 7) is 3.97. The molecular weight excluding hydrogens is 280 g/mol. The third-order valence-electron chi connectivity index (χ3n) is 3.33. The van der Waals surface area contributed by atoms with Gasteiger partial charge in [0.15, 0.2) is 10.9 Å². The maximum absolute atomic E-state index is 12.4. The van der Waals surface area contributed by atoms with Crippen LogP contribution in [0.15, 0.2) is 53.7 Å². The molecule has 3 rings (SSSR count). The number of H-pyrrole nitrogens is 1. The number of aromatic nitrogens is 2. The Morgan fingerprint density at radius 2 is 1.95 bits per heavy atom. The van der Waals surface area contributed by atoms with Crippen LogP contribution in [0.3, 0.4) is 0 Å². The minimum atomic E-state index is -0.172. The molecule has 0 unspecified atom stereocenters. The van der Waals surface area contributed by atoms with Crippen molar-refractivity contribution in [2.24, 2.45) is 0 Å². The van der Waals surface area contributed by atoms with E-state index in [1.54, 1.807) is 0 Å². The van der Waals surface area contributed by atoms with Crippen molar-refractivity contribution in [2.75, 3.05) is 0 Å². The predicted molar refractivity (Wildman–Crippen MR) is 86.9 cm³/mol. The molecule has 4 heteroatoms. The standard InChI is InChI=1S/C17H16N2OS/c1-11-8-9-14-15(10-11)19-17(18-14)21-12(2)16(20)13-6-4-3-5-7-13/h3-10,12H,1-2H3,(H,18,19)/t12-/m1/s1. The first-order valence-electron chi connectivity index (χ1n) is 6.86. The molecule has 0 radical (unpaired) electrons. The maximum atomic E-state index is 12.4. The van der Waals surface area contributed by atoms with E-state index >= 15 is 0 Å². The van der Waals surface area contributed by atoms with Crippen molar-refractivity contribution < 1.29 is 4.79 Å². The summed E-state index contributed by atoms with van der Waals surface area (Å²) in [6, 6.07) is 15.5. The van der Waals surface area contributed by atoms with Gasteiger partial charge in [-0.25, -0.2) is 4.98 Å². The second kappa shape index (κ2) is 5.74. The number of hydrogen-bond acceptors (Lipinski definition) is 3. The lowest BCUT2D eigenvalue weighted by molar-refractivity contribution is 0.0994. The minimum Gasteiger partial charge on any atom is -0.333 e. The van der Waals surface area contributed by atoms with Crippen molar-refractivity contribution in [3.63, 3.8) is 0 Å². The molecule has 1 atom stereocenters. The molecule has 0 saturated heterocycles. The lowest BCUT2D eigenvalue weighted by atomic mass is 10.1. The first-order chi connectivity index (χ1) is 10.1. The van der Waals surface area contributed by atoms with Gasteiger partial charge >= 0.3 is 0 Å². The normalized spacial score (nSPS) is 12.5. The van der Waals surface area contributed by atoms with Gasteiger partial charge in [0.05, 0.1) is 16.3 Å². The van der Waals surface area contributed by atoms with Gasteiger partial charge in [-0.1, -0.05) is 48.2 Å². The van der Waals surface area contributed by atoms with Gasteiger partial charge in [-0.3, -0.25) is 4.79 Å². The van der Waals surface area contributed by atoms with Gasteiger partial charge in [0.1, 0.15) is 0 Å². The number of carbonyl (C=O) groups is 1. The van der Waals surface area contributed by atoms with Gasteiger partial charge in [-0.2, -0.15) is 0 Å². The Morgan fingerprint density at radius 1 is 1.19 bits per heavy atom. The van der Waals surface area contributed by atoms with E-state index in [1.807, 2.05) is 49.4 Å². The van der Waals surface area contributed by atoms with Crippen LogP contribution in [0.1, 0.15) is 22.8 Å². The fraction of sp³-hybridized carbons (Fsp3) is 0.176. The highest BCUT2D eigenvalue weighted by molar-refractivity contribution is 8.00. The lowest BCUT2D eigenvalue weighted by Gasteiger charge is -2.07. The molecule has 0 spiro atoms. The number of Topliss-reactive ketones (excluding diaryl/α,β-unsaturated/α-hetero) is 1. The molecule has 2 aromatic carbocycles. The average Bonchev–Trinajstić information content (AvgIpc) is 2.88. The summed E-state index contributed by atoms with van der Waals surface area (Å²) in [6.07, 6.45) is 0. The van der Waals surface area contributed by atoms with Crippen LogP contribution in [0.5, 0.6) is 0 Å². The first kappa shape index (κ1) is 13.9. The molecule has 0 aliphatic rings. The summed E-state index contributed by atoms with van der Waals surface area (Å²) >= 11 is 1.46. The molecule has 1 heterocycles. The third kappa shape index (κ3) is 3.00. The van der Waals surface area contributed by atoms with Crippen molar-refractivity contribution in [3.8, 4) is 0 Å². The molecule has 0 fully saturated rings. The number of aromatic amines is 1. The van der Waals surface area contributed by atoms with Crippen LogP contribution in [0.2, 0.25) is 0 Å². The zero-order chi connectivity index (χ0) is 14.8. The van der Waals surface area contributed by atoms with E-state index < -0.39 is 0 Å². The highest BCUT2D eigenvalue weighted by Gasteiger charge is 2.18. The van der Waals surface area contributed by atoms with E-state index in [2.05, 4.69) is 23.0 Å². The van der Waals surface area contributed by atoms with Gasteiger partial charge in [-0.05, 0) is 31.5 Å². The minimum absolute atomic E-state index is 0.122. The molecule has 3 nitrogen and oxygen atoms in total. The summed E-state index contributed by atoms with van der Waals surface area (Å²) < 4.78 is 0. The zero-order valence-electron chi connectivity index (χ0n) is 12.0. The molecular formula is C17H16N2OS. The molecule has 0 aliphatic carbocycles. The number of carbonyl (C=O) groups excluding carboxylic acids is 1. The topological polar surface area (TPSA) is 45.8 Å². The number of imidazole rings is 1. The average molecular weight is 296 g/mol. The van der Waals surface area contributed by atoms with E-state index in [0.717, 1.165) is 21.8 Å². The summed E-state index contributed by atoms with van der Waals surface area (Å²) in [4.78, 5) is 20.2. The van der Waals surface area contributed by atoms with Crippen LogP contribution in [-0.2, 0) is 0 Å². The van der Waals surface area contributed by atoms with E-state index in [9.17, 15) is 4.79 Å². The number of ketones is 1. The van der Waals surface area contributed by atoms with Crippen LogP contribution >= 0.6 is 11.8 Å². The van der Waals surface area contributed by atoms with Crippen molar-refractivity contribution in [1.82, 2.24) is 9.97 Å². The molecule has 3 aromatic rings. The zero-order valence-corrected chi connectivity index (χ0v) is 12.8. The van der Waals surface area contributed by atoms with Gasteiger partial charge in [0.25, 0.3) is 0 Å². The number of hydrogen-bond donors (Lipinski definition) is 1. The second-order valence-electron chi connectivity index (χ2n) is 5.05. The van der Waals surface area contributed by atoms with Crippen LogP contribution in [0, 0.1) is 6.92 Å². The number of rotatable bonds is 4. The van der Waals surface area contributed by atoms with Crippen molar-refractivity contribution in [2.45, 2.75) is 24.3 Å². The van der Waals surface area contributed by atoms with Crippen LogP contribution in [0.4, 0.5) is 0 Å². The summed E-state index contributed by atoms with van der Waals surface area (Å²) in [5.74, 6) is 0.122. The Hall–Kier alpha value is -2.07. The molecule has 0 bridgehead atoms. The monoisotopic (exact) mass is 296 g/mol. The van der Waals surface area contributed by atoms with Crippen molar-refractivity contribution >= 4 is 28.6 Å². The fourth-order valence-corrected chi connectivity index (χ4v) is 3.11. The fourth-order valence-electron chi connectivity index (χ4n) is 2.21. The van der Waals surface area contributed by atoms with E-state index in [-0.39, 0.29) is 11.0 Å². The molecule has 0 aliphatic heterocycles. The first-order valence-corrected chi connectivity index (χ1v) is 7.74. The van der Waals surface area contributed by atoms with E-state index in [4.69, 9.17) is 0 Å². The second-order valence-corrected chi connectivity index (χ2v) is 6.38. The van der Waals surface area contributed by atoms with Crippen LogP contribution in [0.25, 0.3) is 11.0 Å². The maximum Gasteiger partial charge on any atom is 0.175 e. The quantitative estimate of drug-likeness (QED) is 0.578. The van der Waals surface area contributed by atoms with Crippen LogP contribution < -0.4 is 0 Å². The summed E-state index contributed by atoms with van der Waals surface area (Å²) in [5.41, 5.74) is 3.87. The number of nitrogens with zero attached hydrogens (tertiary/aromatic N) is 1.